The molecule has 6 nitrogen and oxygen atoms in total. The van der Waals surface area contributed by atoms with E-state index in [0.29, 0.717) is 17.2 Å². The van der Waals surface area contributed by atoms with Gasteiger partial charge in [0.2, 0.25) is 10.3 Å². The summed E-state index contributed by atoms with van der Waals surface area (Å²) in [5.74, 6) is 0. The highest BCUT2D eigenvalue weighted by atomic mass is 32.1. The molecule has 7 heteroatoms. The van der Waals surface area contributed by atoms with Crippen molar-refractivity contribution >= 4 is 33.3 Å². The van der Waals surface area contributed by atoms with Crippen LogP contribution in [0.3, 0.4) is 0 Å². The lowest BCUT2D eigenvalue weighted by Gasteiger charge is -2.38. The summed E-state index contributed by atoms with van der Waals surface area (Å²) < 4.78 is 0. The Bertz CT molecular complexity index is 750. The molecular weight excluding hydrogens is 334 g/mol. The van der Waals surface area contributed by atoms with Crippen molar-refractivity contribution in [1.29, 1.82) is 0 Å². The number of rotatable bonds is 3. The van der Waals surface area contributed by atoms with Crippen LogP contribution in [0.25, 0.3) is 0 Å². The van der Waals surface area contributed by atoms with E-state index in [4.69, 9.17) is 0 Å². The summed E-state index contributed by atoms with van der Waals surface area (Å²) in [5.41, 5.74) is 3.11. The topological polar surface area (TPSA) is 70.1 Å². The number of nitrogens with one attached hydrogen (secondary N) is 2. The van der Waals surface area contributed by atoms with Gasteiger partial charge in [-0.3, -0.25) is 5.32 Å². The second kappa shape index (κ2) is 7.39. The number of amides is 2. The fraction of sp³-hybridized carbons (Fsp3) is 0.500. The summed E-state index contributed by atoms with van der Waals surface area (Å²) in [7, 11) is 0. The standard InChI is InChI=1S/C18H25N5OS/c1-11-8-9-15(10-12(11)2)19-16(24)20-17-21-22-18(25-17)23-13(3)6-5-7-14(23)4/h8-10,13-14H,5-7H2,1-4H3,(H2,19,20,21,24)/t13-,14-/m1/s1. The van der Waals surface area contributed by atoms with Gasteiger partial charge in [-0.15, -0.1) is 10.2 Å². The van der Waals surface area contributed by atoms with Crippen LogP contribution < -0.4 is 15.5 Å². The normalized spacial score (nSPS) is 20.4. The smallest absolute Gasteiger partial charge is 0.325 e. The molecule has 25 heavy (non-hydrogen) atoms. The first-order valence-electron chi connectivity index (χ1n) is 8.71. The van der Waals surface area contributed by atoms with Crippen LogP contribution >= 0.6 is 11.3 Å². The van der Waals surface area contributed by atoms with Gasteiger partial charge in [-0.1, -0.05) is 17.4 Å². The molecule has 1 aliphatic rings. The van der Waals surface area contributed by atoms with E-state index in [1.807, 2.05) is 32.0 Å². The predicted molar refractivity (Wildman–Crippen MR) is 104 cm³/mol. The van der Waals surface area contributed by atoms with Crippen molar-refractivity contribution < 1.29 is 4.79 Å². The molecule has 0 radical (unpaired) electrons. The molecule has 2 amide bonds. The van der Waals surface area contributed by atoms with Crippen LogP contribution in [-0.2, 0) is 0 Å². The number of piperidine rings is 1. The predicted octanol–water partition coefficient (Wildman–Crippen LogP) is 4.57. The van der Waals surface area contributed by atoms with Crippen LogP contribution in [0.15, 0.2) is 18.2 Å². The lowest BCUT2D eigenvalue weighted by Crippen LogP contribution is -2.43. The first kappa shape index (κ1) is 17.7. The van der Waals surface area contributed by atoms with Gasteiger partial charge < -0.3 is 10.2 Å². The molecule has 1 aromatic carbocycles. The zero-order valence-electron chi connectivity index (χ0n) is 15.2. The molecule has 1 aromatic heterocycles. The number of hydrogen-bond donors (Lipinski definition) is 2. The number of carbonyl (C=O) groups excluding carboxylic acids is 1. The van der Waals surface area contributed by atoms with E-state index in [1.165, 1.54) is 36.2 Å². The fourth-order valence-corrected chi connectivity index (χ4v) is 4.19. The number of benzene rings is 1. The second-order valence-electron chi connectivity index (χ2n) is 6.80. The molecule has 3 rings (SSSR count). The van der Waals surface area contributed by atoms with E-state index >= 15 is 0 Å². The largest absolute Gasteiger partial charge is 0.341 e. The Balaban J connectivity index is 1.64. The van der Waals surface area contributed by atoms with Crippen molar-refractivity contribution in [2.75, 3.05) is 15.5 Å². The van der Waals surface area contributed by atoms with Gasteiger partial charge in [0.25, 0.3) is 0 Å². The SMILES string of the molecule is Cc1ccc(NC(=O)Nc2nnc(N3[C@H](C)CCC[C@H]3C)s2)cc1C. The third kappa shape index (κ3) is 4.10. The maximum Gasteiger partial charge on any atom is 0.325 e. The molecule has 0 unspecified atom stereocenters. The molecule has 2 atom stereocenters. The fourth-order valence-electron chi connectivity index (χ4n) is 3.25. The van der Waals surface area contributed by atoms with Crippen molar-refractivity contribution in [3.8, 4) is 0 Å². The van der Waals surface area contributed by atoms with Crippen molar-refractivity contribution in [3.63, 3.8) is 0 Å². The van der Waals surface area contributed by atoms with Crippen molar-refractivity contribution in [2.24, 2.45) is 0 Å². The Morgan fingerprint density at radius 3 is 2.52 bits per heavy atom. The summed E-state index contributed by atoms with van der Waals surface area (Å²) in [6.45, 7) is 8.51. The number of urea groups is 1. The van der Waals surface area contributed by atoms with E-state index in [-0.39, 0.29) is 6.03 Å². The molecule has 0 spiro atoms. The van der Waals surface area contributed by atoms with Gasteiger partial charge in [-0.2, -0.15) is 0 Å². The van der Waals surface area contributed by atoms with Crippen molar-refractivity contribution in [3.05, 3.63) is 29.3 Å². The summed E-state index contributed by atoms with van der Waals surface area (Å²) in [5, 5.41) is 15.4. The molecule has 0 aliphatic carbocycles. The minimum Gasteiger partial charge on any atom is -0.341 e. The minimum atomic E-state index is -0.300. The molecule has 1 aliphatic heterocycles. The first-order chi connectivity index (χ1) is 11.9. The maximum atomic E-state index is 12.2. The average molecular weight is 359 g/mol. The van der Waals surface area contributed by atoms with E-state index in [1.54, 1.807) is 0 Å². The number of nitrogens with zero attached hydrogens (tertiary/aromatic N) is 3. The summed E-state index contributed by atoms with van der Waals surface area (Å²) in [4.78, 5) is 14.5. The third-order valence-electron chi connectivity index (χ3n) is 4.81. The molecule has 134 valence electrons. The van der Waals surface area contributed by atoms with Gasteiger partial charge in [-0.05, 0) is 70.2 Å². The molecule has 1 fully saturated rings. The second-order valence-corrected chi connectivity index (χ2v) is 7.76. The molecule has 2 aromatic rings. The van der Waals surface area contributed by atoms with Crippen LogP contribution in [0.2, 0.25) is 0 Å². The van der Waals surface area contributed by atoms with Gasteiger partial charge in [0.1, 0.15) is 0 Å². The summed E-state index contributed by atoms with van der Waals surface area (Å²) >= 11 is 1.42. The Kier molecular flexibility index (Phi) is 5.22. The van der Waals surface area contributed by atoms with Gasteiger partial charge in [0.05, 0.1) is 0 Å². The van der Waals surface area contributed by atoms with Crippen LogP contribution in [0.5, 0.6) is 0 Å². The van der Waals surface area contributed by atoms with Crippen LogP contribution in [0.1, 0.15) is 44.2 Å². The van der Waals surface area contributed by atoms with E-state index in [9.17, 15) is 4.79 Å². The Labute approximate surface area is 152 Å². The zero-order valence-corrected chi connectivity index (χ0v) is 16.0. The minimum absolute atomic E-state index is 0.300. The highest BCUT2D eigenvalue weighted by Gasteiger charge is 2.27. The molecular formula is C18H25N5OS. The summed E-state index contributed by atoms with van der Waals surface area (Å²) in [6.07, 6.45) is 3.58. The summed E-state index contributed by atoms with van der Waals surface area (Å²) in [6, 6.07) is 6.45. The van der Waals surface area contributed by atoms with Gasteiger partial charge in [0.15, 0.2) is 0 Å². The zero-order chi connectivity index (χ0) is 18.0. The van der Waals surface area contributed by atoms with Crippen LogP contribution in [0.4, 0.5) is 20.7 Å². The maximum absolute atomic E-state index is 12.2. The lowest BCUT2D eigenvalue weighted by atomic mass is 9.98. The number of hydrogen-bond acceptors (Lipinski definition) is 5. The van der Waals surface area contributed by atoms with Crippen LogP contribution in [0, 0.1) is 13.8 Å². The molecule has 2 heterocycles. The van der Waals surface area contributed by atoms with Gasteiger partial charge in [-0.25, -0.2) is 4.79 Å². The number of carbonyl (C=O) groups is 1. The monoisotopic (exact) mass is 359 g/mol. The van der Waals surface area contributed by atoms with Crippen molar-refractivity contribution in [1.82, 2.24) is 10.2 Å². The molecule has 2 N–H and O–H groups in total. The highest BCUT2D eigenvalue weighted by Crippen LogP contribution is 2.32. The van der Waals surface area contributed by atoms with Crippen LogP contribution in [-0.4, -0.2) is 28.3 Å². The number of anilines is 3. The van der Waals surface area contributed by atoms with E-state index in [0.717, 1.165) is 16.4 Å². The molecule has 0 saturated carbocycles. The Morgan fingerprint density at radius 1 is 1.12 bits per heavy atom. The Morgan fingerprint density at radius 2 is 1.84 bits per heavy atom. The van der Waals surface area contributed by atoms with E-state index in [2.05, 4.69) is 39.6 Å². The van der Waals surface area contributed by atoms with Gasteiger partial charge >= 0.3 is 6.03 Å². The molecule has 0 bridgehead atoms. The van der Waals surface area contributed by atoms with E-state index < -0.39 is 0 Å². The quantitative estimate of drug-likeness (QED) is 0.842. The lowest BCUT2D eigenvalue weighted by molar-refractivity contribution is 0.262. The van der Waals surface area contributed by atoms with Gasteiger partial charge in [0, 0.05) is 17.8 Å². The number of aryl methyl sites for hydroxylation is 2. The highest BCUT2D eigenvalue weighted by molar-refractivity contribution is 7.19. The van der Waals surface area contributed by atoms with Crippen molar-refractivity contribution in [2.45, 2.75) is 59.0 Å². The third-order valence-corrected chi connectivity index (χ3v) is 5.67. The number of aromatic nitrogens is 2. The molecule has 1 saturated heterocycles. The Hall–Kier alpha value is -2.15. The first-order valence-corrected chi connectivity index (χ1v) is 9.53. The average Bonchev–Trinajstić information content (AvgIpc) is 2.98.